The molecule has 0 radical (unpaired) electrons. The predicted octanol–water partition coefficient (Wildman–Crippen LogP) is 1.76. The molecule has 0 spiro atoms. The van der Waals surface area contributed by atoms with E-state index in [0.717, 1.165) is 17.0 Å². The summed E-state index contributed by atoms with van der Waals surface area (Å²) in [6, 6.07) is 1.72. The van der Waals surface area contributed by atoms with Crippen molar-refractivity contribution in [3.63, 3.8) is 0 Å². The minimum atomic E-state index is -1.66. The van der Waals surface area contributed by atoms with Crippen LogP contribution in [0, 0.1) is 23.4 Å². The maximum Gasteiger partial charge on any atom is 0.409 e. The van der Waals surface area contributed by atoms with Crippen LogP contribution in [0.1, 0.15) is 13.3 Å². The van der Waals surface area contributed by atoms with E-state index in [1.54, 1.807) is 11.8 Å². The maximum atomic E-state index is 14.0. The number of carbonyl (C=O) groups is 3. The Morgan fingerprint density at radius 3 is 2.36 bits per heavy atom. The third kappa shape index (κ3) is 3.76. The zero-order valence-corrected chi connectivity index (χ0v) is 15.3. The molecular formula is C18H20F3N3O4. The molecule has 2 saturated heterocycles. The molecule has 0 aromatic heterocycles. The highest BCUT2D eigenvalue weighted by molar-refractivity contribution is 6.00. The molecule has 152 valence electrons. The molecule has 0 aliphatic carbocycles. The number of hydrogen-bond acceptors (Lipinski definition) is 4. The van der Waals surface area contributed by atoms with Gasteiger partial charge in [-0.05, 0) is 19.1 Å². The van der Waals surface area contributed by atoms with Gasteiger partial charge in [-0.2, -0.15) is 0 Å². The lowest BCUT2D eigenvalue weighted by molar-refractivity contribution is -0.137. The fraction of sp³-hybridized carbons (Fsp3) is 0.500. The minimum absolute atomic E-state index is 0.113. The Morgan fingerprint density at radius 1 is 1.07 bits per heavy atom. The van der Waals surface area contributed by atoms with Gasteiger partial charge in [0.15, 0.2) is 17.5 Å². The summed E-state index contributed by atoms with van der Waals surface area (Å²) in [7, 11) is 0. The van der Waals surface area contributed by atoms with Crippen LogP contribution in [0.5, 0.6) is 0 Å². The first-order chi connectivity index (χ1) is 13.3. The average Bonchev–Trinajstić information content (AvgIpc) is 3.07. The molecule has 2 heterocycles. The number of anilines is 1. The van der Waals surface area contributed by atoms with Crippen LogP contribution < -0.4 is 4.90 Å². The van der Waals surface area contributed by atoms with Gasteiger partial charge < -0.3 is 19.4 Å². The van der Waals surface area contributed by atoms with Gasteiger partial charge in [-0.25, -0.2) is 18.0 Å². The molecule has 2 fully saturated rings. The molecule has 10 heteroatoms. The van der Waals surface area contributed by atoms with Crippen molar-refractivity contribution in [2.24, 2.45) is 5.92 Å². The van der Waals surface area contributed by atoms with Crippen LogP contribution in [-0.2, 0) is 14.3 Å². The monoisotopic (exact) mass is 399 g/mol. The lowest BCUT2D eigenvalue weighted by atomic mass is 10.1. The molecule has 7 nitrogen and oxygen atoms in total. The van der Waals surface area contributed by atoms with Gasteiger partial charge in [-0.3, -0.25) is 9.59 Å². The molecule has 1 unspecified atom stereocenters. The SMILES string of the molecule is CCOC(=O)N1CCN(C(=O)C2CC(=O)N(c3ccc(F)c(F)c3F)C2)CC1. The number of halogens is 3. The van der Waals surface area contributed by atoms with Gasteiger partial charge in [0.25, 0.3) is 0 Å². The Labute approximate surface area is 159 Å². The van der Waals surface area contributed by atoms with Crippen LogP contribution in [0.25, 0.3) is 0 Å². The van der Waals surface area contributed by atoms with Crippen LogP contribution in [0.15, 0.2) is 12.1 Å². The van der Waals surface area contributed by atoms with E-state index in [0.29, 0.717) is 26.2 Å². The molecule has 1 aromatic rings. The Hall–Kier alpha value is -2.78. The number of carbonyl (C=O) groups excluding carboxylic acids is 3. The number of piperazine rings is 1. The molecule has 2 aliphatic rings. The summed E-state index contributed by atoms with van der Waals surface area (Å²) in [4.78, 5) is 40.7. The number of benzene rings is 1. The summed E-state index contributed by atoms with van der Waals surface area (Å²) in [5.74, 6) is -6.00. The largest absolute Gasteiger partial charge is 0.450 e. The van der Waals surface area contributed by atoms with Gasteiger partial charge in [0.2, 0.25) is 11.8 Å². The number of ether oxygens (including phenoxy) is 1. The van der Waals surface area contributed by atoms with Crippen molar-refractivity contribution in [1.82, 2.24) is 9.80 Å². The molecule has 0 saturated carbocycles. The van der Waals surface area contributed by atoms with Crippen molar-refractivity contribution >= 4 is 23.6 Å². The number of rotatable bonds is 3. The minimum Gasteiger partial charge on any atom is -0.450 e. The van der Waals surface area contributed by atoms with E-state index in [1.165, 1.54) is 4.90 Å². The summed E-state index contributed by atoms with van der Waals surface area (Å²) in [5.41, 5.74) is -0.383. The van der Waals surface area contributed by atoms with E-state index < -0.39 is 35.4 Å². The Kier molecular flexibility index (Phi) is 5.76. The quantitative estimate of drug-likeness (QED) is 0.727. The van der Waals surface area contributed by atoms with Gasteiger partial charge in [0.05, 0.1) is 18.2 Å². The highest BCUT2D eigenvalue weighted by Crippen LogP contribution is 2.30. The van der Waals surface area contributed by atoms with Crippen molar-refractivity contribution in [3.8, 4) is 0 Å². The number of nitrogens with zero attached hydrogens (tertiary/aromatic N) is 3. The Morgan fingerprint density at radius 2 is 1.71 bits per heavy atom. The first kappa shape index (κ1) is 20.0. The van der Waals surface area contributed by atoms with Crippen LogP contribution >= 0.6 is 0 Å². The molecule has 1 aromatic carbocycles. The van der Waals surface area contributed by atoms with Gasteiger partial charge in [-0.15, -0.1) is 0 Å². The zero-order valence-electron chi connectivity index (χ0n) is 15.3. The van der Waals surface area contributed by atoms with E-state index in [-0.39, 0.29) is 31.2 Å². The summed E-state index contributed by atoms with van der Waals surface area (Å²) >= 11 is 0. The first-order valence-electron chi connectivity index (χ1n) is 8.97. The van der Waals surface area contributed by atoms with E-state index in [1.807, 2.05) is 0 Å². The van der Waals surface area contributed by atoms with Crippen molar-refractivity contribution in [2.75, 3.05) is 44.2 Å². The summed E-state index contributed by atoms with van der Waals surface area (Å²) in [6.45, 7) is 3.07. The van der Waals surface area contributed by atoms with Crippen molar-refractivity contribution in [3.05, 3.63) is 29.6 Å². The standard InChI is InChI=1S/C18H20F3N3O4/c1-2-28-18(27)23-7-5-22(6-8-23)17(26)11-9-14(25)24(10-11)13-4-3-12(19)15(20)16(13)21/h3-4,11H,2,5-10H2,1H3. The second-order valence-corrected chi connectivity index (χ2v) is 6.61. The average molecular weight is 399 g/mol. The van der Waals surface area contributed by atoms with Crippen molar-refractivity contribution in [1.29, 1.82) is 0 Å². The van der Waals surface area contributed by atoms with Crippen molar-refractivity contribution in [2.45, 2.75) is 13.3 Å². The fourth-order valence-corrected chi connectivity index (χ4v) is 3.41. The maximum absolute atomic E-state index is 14.0. The second kappa shape index (κ2) is 8.07. The van der Waals surface area contributed by atoms with Gasteiger partial charge in [0.1, 0.15) is 0 Å². The van der Waals surface area contributed by atoms with Crippen LogP contribution in [0.4, 0.5) is 23.7 Å². The highest BCUT2D eigenvalue weighted by atomic mass is 19.2. The second-order valence-electron chi connectivity index (χ2n) is 6.61. The van der Waals surface area contributed by atoms with E-state index >= 15 is 0 Å². The van der Waals surface area contributed by atoms with Crippen molar-refractivity contribution < 1.29 is 32.3 Å². The van der Waals surface area contributed by atoms with Crippen LogP contribution in [-0.4, -0.2) is 67.0 Å². The lowest BCUT2D eigenvalue weighted by Gasteiger charge is -2.35. The number of amides is 3. The third-order valence-corrected chi connectivity index (χ3v) is 4.90. The topological polar surface area (TPSA) is 70.2 Å². The zero-order chi connectivity index (χ0) is 20.4. The molecule has 3 rings (SSSR count). The Balaban J connectivity index is 1.63. The summed E-state index contributed by atoms with van der Waals surface area (Å²) < 4.78 is 45.5. The summed E-state index contributed by atoms with van der Waals surface area (Å²) in [6.07, 6.45) is -0.583. The first-order valence-corrected chi connectivity index (χ1v) is 8.97. The lowest BCUT2D eigenvalue weighted by Crippen LogP contribution is -2.52. The van der Waals surface area contributed by atoms with Crippen LogP contribution in [0.2, 0.25) is 0 Å². The van der Waals surface area contributed by atoms with E-state index in [4.69, 9.17) is 4.74 Å². The van der Waals surface area contributed by atoms with Gasteiger partial charge in [-0.1, -0.05) is 0 Å². The van der Waals surface area contributed by atoms with Gasteiger partial charge in [0, 0.05) is 39.1 Å². The smallest absolute Gasteiger partial charge is 0.409 e. The van der Waals surface area contributed by atoms with Gasteiger partial charge >= 0.3 is 6.09 Å². The molecule has 3 amide bonds. The molecule has 2 aliphatic heterocycles. The summed E-state index contributed by atoms with van der Waals surface area (Å²) in [5, 5.41) is 0. The molecular weight excluding hydrogens is 379 g/mol. The molecule has 0 N–H and O–H groups in total. The highest BCUT2D eigenvalue weighted by Gasteiger charge is 2.39. The number of hydrogen-bond donors (Lipinski definition) is 0. The normalized spacial score (nSPS) is 19.9. The predicted molar refractivity (Wildman–Crippen MR) is 92.0 cm³/mol. The fourth-order valence-electron chi connectivity index (χ4n) is 3.41. The third-order valence-electron chi connectivity index (χ3n) is 4.90. The molecule has 1 atom stereocenters. The van der Waals surface area contributed by atoms with Crippen LogP contribution in [0.3, 0.4) is 0 Å². The van der Waals surface area contributed by atoms with E-state index in [9.17, 15) is 27.6 Å². The molecule has 0 bridgehead atoms. The van der Waals surface area contributed by atoms with E-state index in [2.05, 4.69) is 0 Å². The Bertz CT molecular complexity index is 797. The molecule has 28 heavy (non-hydrogen) atoms.